The molecule has 0 unspecified atom stereocenters. The van der Waals surface area contributed by atoms with Crippen LogP contribution >= 0.6 is 11.6 Å². The normalized spacial score (nSPS) is 10.3. The highest BCUT2D eigenvalue weighted by Crippen LogP contribution is 2.21. The lowest BCUT2D eigenvalue weighted by atomic mass is 10.0. The molecule has 2 rings (SSSR count). The van der Waals surface area contributed by atoms with Crippen LogP contribution in [0.2, 0.25) is 5.02 Å². The van der Waals surface area contributed by atoms with Gasteiger partial charge in [-0.2, -0.15) is 0 Å². The molecule has 0 aromatic heterocycles. The lowest BCUT2D eigenvalue weighted by Crippen LogP contribution is -2.27. The highest BCUT2D eigenvalue weighted by atomic mass is 35.5. The van der Waals surface area contributed by atoms with E-state index in [-0.39, 0.29) is 18.1 Å². The van der Waals surface area contributed by atoms with Gasteiger partial charge in [0.2, 0.25) is 5.91 Å². The van der Waals surface area contributed by atoms with Crippen molar-refractivity contribution in [3.8, 4) is 5.75 Å². The Balaban J connectivity index is 1.94. The minimum Gasteiger partial charge on any atom is -0.496 e. The molecule has 5 heteroatoms. The van der Waals surface area contributed by atoms with Gasteiger partial charge >= 0.3 is 0 Å². The lowest BCUT2D eigenvalue weighted by molar-refractivity contribution is -0.120. The van der Waals surface area contributed by atoms with Gasteiger partial charge in [0, 0.05) is 22.7 Å². The third kappa shape index (κ3) is 5.10. The molecular formula is C19H20ClNO3. The Morgan fingerprint density at radius 3 is 2.62 bits per heavy atom. The van der Waals surface area contributed by atoms with Crippen molar-refractivity contribution in [3.05, 3.63) is 64.2 Å². The molecule has 1 N–H and O–H groups in total. The number of rotatable bonds is 7. The number of hydrogen-bond acceptors (Lipinski definition) is 3. The van der Waals surface area contributed by atoms with Gasteiger partial charge in [-0.05, 0) is 49.2 Å². The standard InChI is InChI=1S/C19H20ClNO3/c1-13(22)15-6-7-18(24-2)16(11-15)12-19(23)21-9-8-14-4-3-5-17(20)10-14/h3-7,10-11H,8-9,12H2,1-2H3,(H,21,23). The van der Waals surface area contributed by atoms with Crippen molar-refractivity contribution in [2.24, 2.45) is 0 Å². The zero-order chi connectivity index (χ0) is 17.5. The Morgan fingerprint density at radius 2 is 1.96 bits per heavy atom. The number of nitrogens with one attached hydrogen (secondary N) is 1. The van der Waals surface area contributed by atoms with Crippen molar-refractivity contribution in [3.63, 3.8) is 0 Å². The van der Waals surface area contributed by atoms with Crippen LogP contribution in [-0.2, 0) is 17.6 Å². The monoisotopic (exact) mass is 345 g/mol. The topological polar surface area (TPSA) is 55.4 Å². The average Bonchev–Trinajstić information content (AvgIpc) is 2.54. The molecule has 4 nitrogen and oxygen atoms in total. The summed E-state index contributed by atoms with van der Waals surface area (Å²) in [7, 11) is 1.54. The highest BCUT2D eigenvalue weighted by Gasteiger charge is 2.11. The maximum Gasteiger partial charge on any atom is 0.224 e. The van der Waals surface area contributed by atoms with Crippen LogP contribution in [0.3, 0.4) is 0 Å². The Hall–Kier alpha value is -2.33. The fourth-order valence-electron chi connectivity index (χ4n) is 2.41. The van der Waals surface area contributed by atoms with E-state index in [9.17, 15) is 9.59 Å². The molecule has 0 saturated carbocycles. The van der Waals surface area contributed by atoms with Crippen LogP contribution in [0.5, 0.6) is 5.75 Å². The van der Waals surface area contributed by atoms with Gasteiger partial charge in [0.25, 0.3) is 0 Å². The summed E-state index contributed by atoms with van der Waals surface area (Å²) in [6.07, 6.45) is 0.872. The van der Waals surface area contributed by atoms with E-state index < -0.39 is 0 Å². The summed E-state index contributed by atoms with van der Waals surface area (Å²) in [6.45, 7) is 2.02. The number of hydrogen-bond donors (Lipinski definition) is 1. The summed E-state index contributed by atoms with van der Waals surface area (Å²) in [4.78, 5) is 23.6. The van der Waals surface area contributed by atoms with Crippen molar-refractivity contribution in [2.75, 3.05) is 13.7 Å². The first-order valence-corrected chi connectivity index (χ1v) is 8.06. The molecule has 0 aliphatic rings. The van der Waals surface area contributed by atoms with Crippen LogP contribution in [-0.4, -0.2) is 25.3 Å². The Morgan fingerprint density at radius 1 is 1.17 bits per heavy atom. The highest BCUT2D eigenvalue weighted by molar-refractivity contribution is 6.30. The van der Waals surface area contributed by atoms with Crippen molar-refractivity contribution >= 4 is 23.3 Å². The number of amides is 1. The van der Waals surface area contributed by atoms with E-state index in [4.69, 9.17) is 16.3 Å². The van der Waals surface area contributed by atoms with E-state index in [1.165, 1.54) is 6.92 Å². The van der Waals surface area contributed by atoms with E-state index >= 15 is 0 Å². The molecule has 0 fully saturated rings. The van der Waals surface area contributed by atoms with E-state index in [1.54, 1.807) is 25.3 Å². The van der Waals surface area contributed by atoms with Gasteiger partial charge in [0.05, 0.1) is 13.5 Å². The summed E-state index contributed by atoms with van der Waals surface area (Å²) >= 11 is 5.94. The summed E-state index contributed by atoms with van der Waals surface area (Å²) < 4.78 is 5.26. The van der Waals surface area contributed by atoms with Gasteiger partial charge in [-0.3, -0.25) is 9.59 Å². The minimum atomic E-state index is -0.115. The first kappa shape index (κ1) is 18.0. The number of carbonyl (C=O) groups excluding carboxylic acids is 2. The number of ether oxygens (including phenoxy) is 1. The molecule has 0 spiro atoms. The van der Waals surface area contributed by atoms with Gasteiger partial charge in [-0.25, -0.2) is 0 Å². The molecule has 0 atom stereocenters. The average molecular weight is 346 g/mol. The SMILES string of the molecule is COc1ccc(C(C)=O)cc1CC(=O)NCCc1cccc(Cl)c1. The van der Waals surface area contributed by atoms with Gasteiger partial charge in [-0.15, -0.1) is 0 Å². The fraction of sp³-hybridized carbons (Fsp3) is 0.263. The van der Waals surface area contributed by atoms with Gasteiger partial charge in [0.1, 0.15) is 5.75 Å². The zero-order valence-corrected chi connectivity index (χ0v) is 14.5. The van der Waals surface area contributed by atoms with E-state index in [2.05, 4.69) is 5.32 Å². The maximum atomic E-state index is 12.1. The zero-order valence-electron chi connectivity index (χ0n) is 13.8. The van der Waals surface area contributed by atoms with E-state index in [0.29, 0.717) is 34.9 Å². The molecule has 0 saturated heterocycles. The molecular weight excluding hydrogens is 326 g/mol. The van der Waals surface area contributed by atoms with Crippen LogP contribution in [0.1, 0.15) is 28.4 Å². The second-order valence-corrected chi connectivity index (χ2v) is 5.93. The molecule has 126 valence electrons. The molecule has 24 heavy (non-hydrogen) atoms. The third-order valence-corrected chi connectivity index (χ3v) is 3.90. The van der Waals surface area contributed by atoms with Crippen LogP contribution in [0.25, 0.3) is 0 Å². The Kier molecular flexibility index (Phi) is 6.38. The molecule has 2 aromatic rings. The van der Waals surface area contributed by atoms with Crippen molar-refractivity contribution in [1.82, 2.24) is 5.32 Å². The van der Waals surface area contributed by atoms with Gasteiger partial charge in [-0.1, -0.05) is 23.7 Å². The molecule has 0 aliphatic heterocycles. The molecule has 0 aliphatic carbocycles. The van der Waals surface area contributed by atoms with E-state index in [1.807, 2.05) is 24.3 Å². The number of Topliss-reactive ketones (excluding diaryl/α,β-unsaturated/α-hetero) is 1. The van der Waals surface area contributed by atoms with Crippen LogP contribution in [0.4, 0.5) is 0 Å². The quantitative estimate of drug-likeness (QED) is 0.782. The third-order valence-electron chi connectivity index (χ3n) is 3.66. The second-order valence-electron chi connectivity index (χ2n) is 5.49. The van der Waals surface area contributed by atoms with Crippen molar-refractivity contribution in [2.45, 2.75) is 19.8 Å². The summed E-state index contributed by atoms with van der Waals surface area (Å²) in [6, 6.07) is 12.7. The number of halogens is 1. The van der Waals surface area contributed by atoms with Gasteiger partial charge in [0.15, 0.2) is 5.78 Å². The number of ketones is 1. The predicted molar refractivity (Wildman–Crippen MR) is 94.9 cm³/mol. The summed E-state index contributed by atoms with van der Waals surface area (Å²) in [5.41, 5.74) is 2.34. The second kappa shape index (κ2) is 8.50. The van der Waals surface area contributed by atoms with Crippen LogP contribution in [0.15, 0.2) is 42.5 Å². The number of benzene rings is 2. The first-order chi connectivity index (χ1) is 11.5. The molecule has 0 radical (unpaired) electrons. The molecule has 0 heterocycles. The Bertz CT molecular complexity index is 743. The van der Waals surface area contributed by atoms with Gasteiger partial charge < -0.3 is 10.1 Å². The minimum absolute atomic E-state index is 0.0414. The molecule has 0 bridgehead atoms. The maximum absolute atomic E-state index is 12.1. The van der Waals surface area contributed by atoms with Crippen molar-refractivity contribution in [1.29, 1.82) is 0 Å². The van der Waals surface area contributed by atoms with Crippen molar-refractivity contribution < 1.29 is 14.3 Å². The van der Waals surface area contributed by atoms with Crippen LogP contribution < -0.4 is 10.1 Å². The fourth-order valence-corrected chi connectivity index (χ4v) is 2.62. The largest absolute Gasteiger partial charge is 0.496 e. The number of carbonyl (C=O) groups is 2. The first-order valence-electron chi connectivity index (χ1n) is 7.68. The smallest absolute Gasteiger partial charge is 0.224 e. The Labute approximate surface area is 146 Å². The molecule has 2 aromatic carbocycles. The number of methoxy groups -OCH3 is 1. The van der Waals surface area contributed by atoms with E-state index in [0.717, 1.165) is 5.56 Å². The van der Waals surface area contributed by atoms with Crippen LogP contribution in [0, 0.1) is 0 Å². The molecule has 1 amide bonds. The predicted octanol–water partition coefficient (Wildman–Crippen LogP) is 3.45. The summed E-state index contributed by atoms with van der Waals surface area (Å²) in [5.74, 6) is 0.446. The lowest BCUT2D eigenvalue weighted by Gasteiger charge is -2.10. The summed E-state index contributed by atoms with van der Waals surface area (Å²) in [5, 5.41) is 3.56.